The number of aromatic nitrogens is 1. The third-order valence-corrected chi connectivity index (χ3v) is 6.39. The van der Waals surface area contributed by atoms with Gasteiger partial charge in [-0.1, -0.05) is 6.07 Å². The van der Waals surface area contributed by atoms with E-state index in [0.717, 1.165) is 30.5 Å². The van der Waals surface area contributed by atoms with Crippen LogP contribution in [0.15, 0.2) is 27.4 Å². The molecular formula is C19H31N2O3P. The molecule has 140 valence electrons. The fourth-order valence-corrected chi connectivity index (χ4v) is 5.09. The lowest BCUT2D eigenvalue weighted by Crippen LogP contribution is -2.32. The maximum Gasteiger partial charge on any atom is 0.419 e. The molecule has 0 aliphatic carbocycles. The average Bonchev–Trinajstić information content (AvgIpc) is 2.81. The van der Waals surface area contributed by atoms with Crippen molar-refractivity contribution in [2.75, 3.05) is 13.3 Å². The summed E-state index contributed by atoms with van der Waals surface area (Å²) in [6.45, 7) is 14.4. The van der Waals surface area contributed by atoms with E-state index >= 15 is 0 Å². The van der Waals surface area contributed by atoms with Crippen molar-refractivity contribution in [1.29, 1.82) is 0 Å². The van der Waals surface area contributed by atoms with E-state index in [1.807, 2.05) is 25.1 Å². The van der Waals surface area contributed by atoms with Crippen molar-refractivity contribution in [2.24, 2.45) is 0 Å². The van der Waals surface area contributed by atoms with Gasteiger partial charge in [0.25, 0.3) is 0 Å². The highest BCUT2D eigenvalue weighted by atomic mass is 31.2. The summed E-state index contributed by atoms with van der Waals surface area (Å²) in [6, 6.07) is 6.79. The summed E-state index contributed by atoms with van der Waals surface area (Å²) in [5, 5.41) is 0. The minimum Gasteiger partial charge on any atom is -0.408 e. The van der Waals surface area contributed by atoms with Gasteiger partial charge in [-0.25, -0.2) is 4.79 Å². The maximum atomic E-state index is 12.0. The van der Waals surface area contributed by atoms with Gasteiger partial charge in [0, 0.05) is 18.6 Å². The summed E-state index contributed by atoms with van der Waals surface area (Å²) in [7, 11) is -0.577. The summed E-state index contributed by atoms with van der Waals surface area (Å²) in [4.78, 5) is 12.0. The number of nitrogens with zero attached hydrogens (tertiary/aromatic N) is 2. The summed E-state index contributed by atoms with van der Waals surface area (Å²) in [5.41, 5.74) is 2.67. The van der Waals surface area contributed by atoms with Crippen LogP contribution in [-0.2, 0) is 11.1 Å². The molecule has 1 unspecified atom stereocenters. The predicted octanol–water partition coefficient (Wildman–Crippen LogP) is 4.76. The zero-order valence-corrected chi connectivity index (χ0v) is 17.2. The zero-order chi connectivity index (χ0) is 18.6. The Morgan fingerprint density at radius 1 is 1.20 bits per heavy atom. The van der Waals surface area contributed by atoms with E-state index in [1.54, 1.807) is 4.57 Å². The van der Waals surface area contributed by atoms with Crippen LogP contribution >= 0.6 is 8.30 Å². The van der Waals surface area contributed by atoms with Gasteiger partial charge < -0.3 is 8.94 Å². The molecule has 25 heavy (non-hydrogen) atoms. The normalized spacial score (nSPS) is 13.5. The number of unbranched alkanes of at least 4 members (excludes halogenated alkanes) is 1. The molecule has 0 bridgehead atoms. The third kappa shape index (κ3) is 5.16. The molecule has 2 rings (SSSR count). The topological polar surface area (TPSA) is 47.6 Å². The Kier molecular flexibility index (Phi) is 7.24. The molecule has 0 amide bonds. The summed E-state index contributed by atoms with van der Waals surface area (Å²) in [5.74, 6) is -0.273. The highest BCUT2D eigenvalue weighted by Gasteiger charge is 2.20. The Hall–Kier alpha value is -1.16. The second-order valence-corrected chi connectivity index (χ2v) is 8.71. The number of oxazole rings is 1. The van der Waals surface area contributed by atoms with E-state index in [-0.39, 0.29) is 5.76 Å². The van der Waals surface area contributed by atoms with Gasteiger partial charge in [0.15, 0.2) is 5.58 Å². The van der Waals surface area contributed by atoms with Crippen LogP contribution in [0.2, 0.25) is 0 Å². The lowest BCUT2D eigenvalue weighted by molar-refractivity contribution is 0.251. The quantitative estimate of drug-likeness (QED) is 0.474. The van der Waals surface area contributed by atoms with Crippen LogP contribution in [-0.4, -0.2) is 34.6 Å². The van der Waals surface area contributed by atoms with Crippen LogP contribution in [0.5, 0.6) is 0 Å². The minimum absolute atomic E-state index is 0.273. The van der Waals surface area contributed by atoms with E-state index in [2.05, 4.69) is 39.0 Å². The molecule has 0 saturated carbocycles. The summed E-state index contributed by atoms with van der Waals surface area (Å²) in [6.07, 6.45) is 1.83. The molecule has 1 aromatic carbocycles. The van der Waals surface area contributed by atoms with Gasteiger partial charge in [-0.15, -0.1) is 0 Å². The number of hydrogen-bond donors (Lipinski definition) is 0. The molecule has 1 heterocycles. The largest absolute Gasteiger partial charge is 0.419 e. The van der Waals surface area contributed by atoms with Gasteiger partial charge in [0.1, 0.15) is 8.30 Å². The van der Waals surface area contributed by atoms with Gasteiger partial charge in [0.2, 0.25) is 0 Å². The van der Waals surface area contributed by atoms with Crippen molar-refractivity contribution in [1.82, 2.24) is 9.24 Å². The molecule has 0 spiro atoms. The number of fused-ring (bicyclic) bond motifs is 1. The van der Waals surface area contributed by atoms with Crippen LogP contribution in [0.4, 0.5) is 0 Å². The monoisotopic (exact) mass is 366 g/mol. The summed E-state index contributed by atoms with van der Waals surface area (Å²) >= 11 is 0. The highest BCUT2D eigenvalue weighted by Crippen LogP contribution is 2.40. The number of aryl methyl sites for hydroxylation is 2. The van der Waals surface area contributed by atoms with Gasteiger partial charge in [-0.2, -0.15) is 0 Å². The van der Waals surface area contributed by atoms with Crippen molar-refractivity contribution >= 4 is 19.4 Å². The lowest BCUT2D eigenvalue weighted by atomic mass is 10.2. The molecule has 6 heteroatoms. The van der Waals surface area contributed by atoms with Crippen molar-refractivity contribution < 1.29 is 8.94 Å². The SMILES string of the molecule is Cc1ccc2oc(=O)n(CCCCOP(C)N(C(C)C)C(C)C)c2c1. The second kappa shape index (κ2) is 8.98. The lowest BCUT2D eigenvalue weighted by Gasteiger charge is -2.35. The number of rotatable bonds is 9. The zero-order valence-electron chi connectivity index (χ0n) is 16.3. The molecular weight excluding hydrogens is 335 g/mol. The van der Waals surface area contributed by atoms with Crippen molar-refractivity contribution in [3.8, 4) is 0 Å². The van der Waals surface area contributed by atoms with E-state index < -0.39 is 8.30 Å². The van der Waals surface area contributed by atoms with Gasteiger partial charge in [-0.05, 0) is 71.8 Å². The van der Waals surface area contributed by atoms with E-state index in [9.17, 15) is 4.79 Å². The molecule has 0 radical (unpaired) electrons. The third-order valence-electron chi connectivity index (χ3n) is 4.26. The molecule has 0 saturated heterocycles. The Morgan fingerprint density at radius 3 is 2.52 bits per heavy atom. The molecule has 0 aliphatic rings. The molecule has 0 N–H and O–H groups in total. The summed E-state index contributed by atoms with van der Waals surface area (Å²) < 4.78 is 15.5. The predicted molar refractivity (Wildman–Crippen MR) is 105 cm³/mol. The number of benzene rings is 1. The smallest absolute Gasteiger partial charge is 0.408 e. The number of hydrogen-bond acceptors (Lipinski definition) is 4. The fourth-order valence-electron chi connectivity index (χ4n) is 3.27. The van der Waals surface area contributed by atoms with Crippen molar-refractivity contribution in [2.45, 2.75) is 66.1 Å². The second-order valence-electron chi connectivity index (χ2n) is 7.06. The van der Waals surface area contributed by atoms with E-state index in [4.69, 9.17) is 8.94 Å². The first-order valence-corrected chi connectivity index (χ1v) is 10.7. The molecule has 5 nitrogen and oxygen atoms in total. The minimum atomic E-state index is -0.577. The van der Waals surface area contributed by atoms with Crippen LogP contribution < -0.4 is 5.76 Å². The van der Waals surface area contributed by atoms with E-state index in [0.29, 0.717) is 24.2 Å². The average molecular weight is 366 g/mol. The van der Waals surface area contributed by atoms with Gasteiger partial charge >= 0.3 is 5.76 Å². The van der Waals surface area contributed by atoms with Crippen LogP contribution in [0.25, 0.3) is 11.1 Å². The van der Waals surface area contributed by atoms with Crippen LogP contribution in [0, 0.1) is 6.92 Å². The molecule has 2 aromatic rings. The van der Waals surface area contributed by atoms with E-state index in [1.165, 1.54) is 0 Å². The first-order chi connectivity index (χ1) is 11.8. The Labute approximate surface area is 151 Å². The Bertz CT molecular complexity index is 728. The van der Waals surface area contributed by atoms with Crippen molar-refractivity contribution in [3.05, 3.63) is 34.3 Å². The van der Waals surface area contributed by atoms with Gasteiger partial charge in [0.05, 0.1) is 12.1 Å². The Morgan fingerprint density at radius 2 is 1.88 bits per heavy atom. The maximum absolute atomic E-state index is 12.0. The standard InChI is InChI=1S/C19H31N2O3P/c1-14(2)21(15(3)4)25(6)23-12-8-7-11-20-17-13-16(5)9-10-18(17)24-19(20)22/h9-10,13-15H,7-8,11-12H2,1-6H3. The Balaban J connectivity index is 1.85. The molecule has 1 aromatic heterocycles. The van der Waals surface area contributed by atoms with Crippen LogP contribution in [0.1, 0.15) is 46.1 Å². The first-order valence-electron chi connectivity index (χ1n) is 9.06. The van der Waals surface area contributed by atoms with Gasteiger partial charge in [-0.3, -0.25) is 9.24 Å². The first kappa shape index (κ1) is 20.2. The fraction of sp³-hybridized carbons (Fsp3) is 0.632. The highest BCUT2D eigenvalue weighted by molar-refractivity contribution is 7.49. The van der Waals surface area contributed by atoms with Crippen LogP contribution in [0.3, 0.4) is 0 Å². The molecule has 0 aliphatic heterocycles. The molecule has 1 atom stereocenters. The van der Waals surface area contributed by atoms with Crippen molar-refractivity contribution in [3.63, 3.8) is 0 Å². The molecule has 0 fully saturated rings.